The summed E-state index contributed by atoms with van der Waals surface area (Å²) in [5, 5.41) is 3.08. The van der Waals surface area contributed by atoms with E-state index in [-0.39, 0.29) is 11.9 Å². The maximum Gasteiger partial charge on any atom is 0.234 e. The monoisotopic (exact) mass is 443 g/mol. The lowest BCUT2D eigenvalue weighted by Gasteiger charge is -2.39. The van der Waals surface area contributed by atoms with Gasteiger partial charge in [-0.25, -0.2) is 0 Å². The first-order chi connectivity index (χ1) is 16.2. The number of nitrogens with zero attached hydrogens (tertiary/aromatic N) is 2. The predicted octanol–water partition coefficient (Wildman–Crippen LogP) is 3.86. The van der Waals surface area contributed by atoms with Crippen LogP contribution < -0.4 is 5.32 Å². The van der Waals surface area contributed by atoms with Crippen LogP contribution in [0.2, 0.25) is 0 Å². The van der Waals surface area contributed by atoms with Gasteiger partial charge in [0.1, 0.15) is 0 Å². The molecule has 1 aliphatic rings. The number of hydrogen-bond donors (Lipinski definition) is 1. The topological polar surface area (TPSA) is 44.8 Å². The molecule has 1 heterocycles. The fourth-order valence-corrected chi connectivity index (χ4v) is 4.54. The number of piperazine rings is 1. The normalized spacial score (nSPS) is 15.0. The van der Waals surface area contributed by atoms with Gasteiger partial charge in [-0.15, -0.1) is 0 Å². The second kappa shape index (κ2) is 11.8. The van der Waals surface area contributed by atoms with Gasteiger partial charge in [0, 0.05) is 39.8 Å². The van der Waals surface area contributed by atoms with E-state index in [2.05, 4.69) is 75.8 Å². The molecule has 172 valence electrons. The Kier molecular flexibility index (Phi) is 8.25. The molecule has 3 aromatic rings. The quantitative estimate of drug-likeness (QED) is 0.546. The highest BCUT2D eigenvalue weighted by Crippen LogP contribution is 2.29. The van der Waals surface area contributed by atoms with Crippen molar-refractivity contribution < 1.29 is 9.53 Å². The van der Waals surface area contributed by atoms with E-state index < -0.39 is 0 Å². The molecule has 1 fully saturated rings. The third-order valence-corrected chi connectivity index (χ3v) is 6.26. The number of carbonyl (C=O) groups excluding carboxylic acids is 1. The molecule has 1 aliphatic heterocycles. The van der Waals surface area contributed by atoms with Gasteiger partial charge in [0.25, 0.3) is 0 Å². The van der Waals surface area contributed by atoms with Crippen LogP contribution in [0.4, 0.5) is 0 Å². The Bertz CT molecular complexity index is 962. The Hall–Kier alpha value is -2.99. The van der Waals surface area contributed by atoms with Crippen molar-refractivity contribution in [3.8, 4) is 0 Å². The van der Waals surface area contributed by atoms with Crippen molar-refractivity contribution in [1.82, 2.24) is 15.1 Å². The molecule has 5 heteroatoms. The lowest BCUT2D eigenvalue weighted by molar-refractivity contribution is -0.122. The number of methoxy groups -OCH3 is 1. The maximum absolute atomic E-state index is 12.6. The first-order valence-electron chi connectivity index (χ1n) is 11.6. The van der Waals surface area contributed by atoms with Gasteiger partial charge in [-0.2, -0.15) is 0 Å². The molecule has 0 aliphatic carbocycles. The van der Waals surface area contributed by atoms with E-state index >= 15 is 0 Å². The number of benzene rings is 3. The van der Waals surface area contributed by atoms with Crippen molar-refractivity contribution in [2.75, 3.05) is 39.8 Å². The number of hydrogen-bond acceptors (Lipinski definition) is 4. The van der Waals surface area contributed by atoms with Crippen LogP contribution in [-0.2, 0) is 22.7 Å². The molecular weight excluding hydrogens is 410 g/mol. The molecule has 4 rings (SSSR count). The summed E-state index contributed by atoms with van der Waals surface area (Å²) >= 11 is 0. The summed E-state index contributed by atoms with van der Waals surface area (Å²) in [5.41, 5.74) is 4.84. The van der Waals surface area contributed by atoms with E-state index in [1.165, 1.54) is 11.1 Å². The van der Waals surface area contributed by atoms with Crippen LogP contribution in [0.1, 0.15) is 28.3 Å². The average molecular weight is 444 g/mol. The summed E-state index contributed by atoms with van der Waals surface area (Å²) in [4.78, 5) is 17.4. The Morgan fingerprint density at radius 1 is 0.818 bits per heavy atom. The van der Waals surface area contributed by atoms with E-state index in [9.17, 15) is 4.79 Å². The number of amides is 1. The summed E-state index contributed by atoms with van der Waals surface area (Å²) in [6, 6.07) is 29.7. The highest BCUT2D eigenvalue weighted by Gasteiger charge is 2.27. The summed E-state index contributed by atoms with van der Waals surface area (Å²) in [6.07, 6.45) is 0. The second-order valence-corrected chi connectivity index (χ2v) is 8.51. The largest absolute Gasteiger partial charge is 0.380 e. The molecule has 0 saturated carbocycles. The van der Waals surface area contributed by atoms with E-state index in [0.717, 1.165) is 37.3 Å². The highest BCUT2D eigenvalue weighted by atomic mass is 16.5. The molecule has 3 aromatic carbocycles. The number of carbonyl (C=O) groups is 1. The molecule has 1 N–H and O–H groups in total. The van der Waals surface area contributed by atoms with Crippen molar-refractivity contribution in [1.29, 1.82) is 0 Å². The fraction of sp³-hybridized carbons (Fsp3) is 0.321. The summed E-state index contributed by atoms with van der Waals surface area (Å²) in [6.45, 7) is 5.13. The van der Waals surface area contributed by atoms with Crippen LogP contribution in [0, 0.1) is 0 Å². The zero-order valence-corrected chi connectivity index (χ0v) is 19.3. The first-order valence-corrected chi connectivity index (χ1v) is 11.6. The van der Waals surface area contributed by atoms with Crippen LogP contribution in [0.25, 0.3) is 0 Å². The SMILES string of the molecule is COCc1ccccc1CNC(=O)CN1CCN(C(c2ccccc2)c2ccccc2)CC1. The molecule has 0 radical (unpaired) electrons. The van der Waals surface area contributed by atoms with E-state index in [1.54, 1.807) is 7.11 Å². The molecule has 1 saturated heterocycles. The minimum Gasteiger partial charge on any atom is -0.380 e. The van der Waals surface area contributed by atoms with Crippen molar-refractivity contribution in [2.24, 2.45) is 0 Å². The minimum atomic E-state index is 0.0679. The number of nitrogens with one attached hydrogen (secondary N) is 1. The van der Waals surface area contributed by atoms with Gasteiger partial charge in [0.2, 0.25) is 5.91 Å². The molecule has 0 bridgehead atoms. The lowest BCUT2D eigenvalue weighted by atomic mass is 9.96. The van der Waals surface area contributed by atoms with Crippen LogP contribution in [-0.4, -0.2) is 55.5 Å². The van der Waals surface area contributed by atoms with E-state index in [4.69, 9.17) is 4.74 Å². The Morgan fingerprint density at radius 3 is 1.94 bits per heavy atom. The van der Waals surface area contributed by atoms with E-state index in [1.807, 2.05) is 24.3 Å². The van der Waals surface area contributed by atoms with Gasteiger partial charge in [0.05, 0.1) is 19.2 Å². The molecule has 1 amide bonds. The van der Waals surface area contributed by atoms with Crippen LogP contribution in [0.5, 0.6) is 0 Å². The van der Waals surface area contributed by atoms with Crippen molar-refractivity contribution >= 4 is 5.91 Å². The zero-order valence-electron chi connectivity index (χ0n) is 19.3. The Balaban J connectivity index is 1.32. The van der Waals surface area contributed by atoms with Gasteiger partial charge in [-0.3, -0.25) is 14.6 Å². The van der Waals surface area contributed by atoms with Gasteiger partial charge in [-0.05, 0) is 22.3 Å². The zero-order chi connectivity index (χ0) is 22.9. The van der Waals surface area contributed by atoms with Gasteiger partial charge >= 0.3 is 0 Å². The summed E-state index contributed by atoms with van der Waals surface area (Å²) in [5.74, 6) is 0.0679. The molecule has 33 heavy (non-hydrogen) atoms. The van der Waals surface area contributed by atoms with Gasteiger partial charge in [-0.1, -0.05) is 84.9 Å². The van der Waals surface area contributed by atoms with Gasteiger partial charge in [0.15, 0.2) is 0 Å². The molecule has 5 nitrogen and oxygen atoms in total. The average Bonchev–Trinajstić information content (AvgIpc) is 2.86. The van der Waals surface area contributed by atoms with Crippen molar-refractivity contribution in [3.05, 3.63) is 107 Å². The maximum atomic E-state index is 12.6. The molecule has 0 atom stereocenters. The van der Waals surface area contributed by atoms with E-state index in [0.29, 0.717) is 19.7 Å². The summed E-state index contributed by atoms with van der Waals surface area (Å²) in [7, 11) is 1.69. The smallest absolute Gasteiger partial charge is 0.234 e. The lowest BCUT2D eigenvalue weighted by Crippen LogP contribution is -2.50. The Morgan fingerprint density at radius 2 is 1.36 bits per heavy atom. The third kappa shape index (κ3) is 6.29. The standard InChI is InChI=1S/C28H33N3O2/c1-33-22-26-15-9-8-14-25(26)20-29-27(32)21-30-16-18-31(19-17-30)28(23-10-4-2-5-11-23)24-12-6-3-7-13-24/h2-15,28H,16-22H2,1H3,(H,29,32). The summed E-state index contributed by atoms with van der Waals surface area (Å²) < 4.78 is 5.26. The van der Waals surface area contributed by atoms with Crippen LogP contribution in [0.3, 0.4) is 0 Å². The fourth-order valence-electron chi connectivity index (χ4n) is 4.54. The first kappa shape index (κ1) is 23.2. The number of rotatable bonds is 9. The second-order valence-electron chi connectivity index (χ2n) is 8.51. The highest BCUT2D eigenvalue weighted by molar-refractivity contribution is 5.78. The Labute approximate surface area is 197 Å². The van der Waals surface area contributed by atoms with Gasteiger partial charge < -0.3 is 10.1 Å². The predicted molar refractivity (Wildman–Crippen MR) is 132 cm³/mol. The van der Waals surface area contributed by atoms with Crippen LogP contribution in [0.15, 0.2) is 84.9 Å². The number of ether oxygens (including phenoxy) is 1. The van der Waals surface area contributed by atoms with Crippen molar-refractivity contribution in [3.63, 3.8) is 0 Å². The minimum absolute atomic E-state index is 0.0679. The molecular formula is C28H33N3O2. The third-order valence-electron chi connectivity index (χ3n) is 6.26. The molecule has 0 spiro atoms. The molecule has 0 unspecified atom stereocenters. The molecule has 0 aromatic heterocycles. The van der Waals surface area contributed by atoms with Crippen molar-refractivity contribution in [2.45, 2.75) is 19.2 Å². The van der Waals surface area contributed by atoms with Crippen LogP contribution >= 0.6 is 0 Å².